The summed E-state index contributed by atoms with van der Waals surface area (Å²) < 4.78 is 12.5. The zero-order valence-electron chi connectivity index (χ0n) is 19.6. The molecular formula is C26H25N5O3S. The molecular weight excluding hydrogens is 462 g/mol. The number of methoxy groups -OCH3 is 2. The summed E-state index contributed by atoms with van der Waals surface area (Å²) in [7, 11) is 3.25. The van der Waals surface area contributed by atoms with Gasteiger partial charge in [0.25, 0.3) is 5.91 Å². The minimum absolute atomic E-state index is 0.127. The Balaban J connectivity index is 1.55. The normalized spacial score (nSPS) is 11.2. The minimum atomic E-state index is -0.236. The molecule has 0 bridgehead atoms. The second-order valence-electron chi connectivity index (χ2n) is 7.46. The van der Waals surface area contributed by atoms with E-state index in [4.69, 9.17) is 9.47 Å². The molecule has 0 unspecified atom stereocenters. The molecule has 0 atom stereocenters. The second kappa shape index (κ2) is 11.3. The number of hydrogen-bond acceptors (Lipinski definition) is 7. The van der Waals surface area contributed by atoms with Gasteiger partial charge in [-0.1, -0.05) is 42.1 Å². The Bertz CT molecular complexity index is 1300. The standard InChI is InChI=1S/C26H25N5O3S/c1-18(19-7-5-4-6-8-19)27-28-24(32)17-35-26-30-29-25(20-9-13-22(33-2)14-10-20)31(26)21-11-15-23(34-3)16-12-21/h4-16H,17H2,1-3H3,(H,28,32)/b27-18-. The van der Waals surface area contributed by atoms with Crippen molar-refractivity contribution >= 4 is 23.4 Å². The van der Waals surface area contributed by atoms with Crippen LogP contribution in [0.15, 0.2) is 89.1 Å². The van der Waals surface area contributed by atoms with Gasteiger partial charge in [-0.25, -0.2) is 5.43 Å². The third-order valence-electron chi connectivity index (χ3n) is 5.18. The number of carbonyl (C=O) groups is 1. The topological polar surface area (TPSA) is 90.6 Å². The van der Waals surface area contributed by atoms with Crippen LogP contribution >= 0.6 is 11.8 Å². The molecule has 4 aromatic rings. The Kier molecular flexibility index (Phi) is 7.79. The molecule has 0 spiro atoms. The molecule has 0 fully saturated rings. The van der Waals surface area contributed by atoms with E-state index in [2.05, 4.69) is 20.7 Å². The van der Waals surface area contributed by atoms with Gasteiger partial charge >= 0.3 is 0 Å². The van der Waals surface area contributed by atoms with Crippen molar-refractivity contribution in [3.63, 3.8) is 0 Å². The van der Waals surface area contributed by atoms with Crippen molar-refractivity contribution in [1.82, 2.24) is 20.2 Å². The van der Waals surface area contributed by atoms with E-state index in [9.17, 15) is 4.79 Å². The van der Waals surface area contributed by atoms with Gasteiger partial charge in [-0.2, -0.15) is 5.10 Å². The van der Waals surface area contributed by atoms with E-state index in [-0.39, 0.29) is 11.7 Å². The summed E-state index contributed by atoms with van der Waals surface area (Å²) in [5.41, 5.74) is 6.01. The van der Waals surface area contributed by atoms with Crippen LogP contribution in [0.5, 0.6) is 11.5 Å². The lowest BCUT2D eigenvalue weighted by Crippen LogP contribution is -2.21. The molecule has 0 saturated heterocycles. The van der Waals surface area contributed by atoms with Crippen LogP contribution < -0.4 is 14.9 Å². The average Bonchev–Trinajstić information content (AvgIpc) is 3.35. The van der Waals surface area contributed by atoms with E-state index in [0.717, 1.165) is 34.0 Å². The fourth-order valence-electron chi connectivity index (χ4n) is 3.31. The maximum atomic E-state index is 12.5. The van der Waals surface area contributed by atoms with Gasteiger partial charge in [0.2, 0.25) is 0 Å². The van der Waals surface area contributed by atoms with E-state index in [1.165, 1.54) is 11.8 Å². The summed E-state index contributed by atoms with van der Waals surface area (Å²) in [6.45, 7) is 1.85. The van der Waals surface area contributed by atoms with Crippen molar-refractivity contribution in [3.05, 3.63) is 84.4 Å². The molecule has 8 nitrogen and oxygen atoms in total. The zero-order valence-corrected chi connectivity index (χ0v) is 20.5. The number of carbonyl (C=O) groups excluding carboxylic acids is 1. The highest BCUT2D eigenvalue weighted by atomic mass is 32.2. The van der Waals surface area contributed by atoms with Crippen LogP contribution in [0, 0.1) is 0 Å². The number of nitrogens with one attached hydrogen (secondary N) is 1. The van der Waals surface area contributed by atoms with Gasteiger partial charge in [0.1, 0.15) is 11.5 Å². The largest absolute Gasteiger partial charge is 0.497 e. The number of aromatic nitrogens is 3. The number of amides is 1. The first-order valence-electron chi connectivity index (χ1n) is 10.8. The number of hydrazone groups is 1. The highest BCUT2D eigenvalue weighted by molar-refractivity contribution is 7.99. The molecule has 1 N–H and O–H groups in total. The summed E-state index contributed by atoms with van der Waals surface area (Å²) in [5.74, 6) is 2.04. The molecule has 4 rings (SSSR count). The number of ether oxygens (including phenoxy) is 2. The maximum absolute atomic E-state index is 12.5. The Morgan fingerprint density at radius 1 is 0.914 bits per heavy atom. The first kappa shape index (κ1) is 24.0. The summed E-state index contributed by atoms with van der Waals surface area (Å²) in [4.78, 5) is 12.5. The monoisotopic (exact) mass is 487 g/mol. The predicted octanol–water partition coefficient (Wildman–Crippen LogP) is 4.58. The van der Waals surface area contributed by atoms with Crippen LogP contribution in [0.2, 0.25) is 0 Å². The Hall–Kier alpha value is -4.11. The van der Waals surface area contributed by atoms with Gasteiger partial charge in [-0.05, 0) is 61.0 Å². The molecule has 0 aliphatic rings. The number of nitrogens with zero attached hydrogens (tertiary/aromatic N) is 4. The van der Waals surface area contributed by atoms with Gasteiger partial charge < -0.3 is 9.47 Å². The predicted molar refractivity (Wildman–Crippen MR) is 137 cm³/mol. The molecule has 9 heteroatoms. The van der Waals surface area contributed by atoms with E-state index in [1.54, 1.807) is 14.2 Å². The van der Waals surface area contributed by atoms with Crippen molar-refractivity contribution in [2.75, 3.05) is 20.0 Å². The Morgan fingerprint density at radius 3 is 2.17 bits per heavy atom. The Labute approximate surface area is 208 Å². The molecule has 1 aromatic heterocycles. The van der Waals surface area contributed by atoms with Crippen molar-refractivity contribution < 1.29 is 14.3 Å². The van der Waals surface area contributed by atoms with E-state index in [1.807, 2.05) is 90.4 Å². The van der Waals surface area contributed by atoms with Crippen LogP contribution in [0.1, 0.15) is 12.5 Å². The lowest BCUT2D eigenvalue weighted by atomic mass is 10.1. The molecule has 1 heterocycles. The quantitative estimate of drug-likeness (QED) is 0.211. The fraction of sp³-hybridized carbons (Fsp3) is 0.154. The third-order valence-corrected chi connectivity index (χ3v) is 6.11. The maximum Gasteiger partial charge on any atom is 0.250 e. The van der Waals surface area contributed by atoms with Crippen LogP contribution in [-0.4, -0.2) is 46.4 Å². The molecule has 3 aromatic carbocycles. The van der Waals surface area contributed by atoms with Crippen LogP contribution in [0.4, 0.5) is 0 Å². The smallest absolute Gasteiger partial charge is 0.250 e. The lowest BCUT2D eigenvalue weighted by molar-refractivity contribution is -0.118. The second-order valence-corrected chi connectivity index (χ2v) is 8.40. The van der Waals surface area contributed by atoms with E-state index >= 15 is 0 Å². The van der Waals surface area contributed by atoms with Crippen molar-refractivity contribution in [3.8, 4) is 28.6 Å². The number of rotatable bonds is 9. The fourth-order valence-corrected chi connectivity index (χ4v) is 4.05. The molecule has 0 saturated carbocycles. The summed E-state index contributed by atoms with van der Waals surface area (Å²) in [6.07, 6.45) is 0. The van der Waals surface area contributed by atoms with Gasteiger partial charge in [-0.15, -0.1) is 10.2 Å². The summed E-state index contributed by atoms with van der Waals surface area (Å²) in [5, 5.41) is 13.6. The Morgan fingerprint density at radius 2 is 1.54 bits per heavy atom. The highest BCUT2D eigenvalue weighted by Crippen LogP contribution is 2.29. The molecule has 0 aliphatic carbocycles. The van der Waals surface area contributed by atoms with Gasteiger partial charge in [0, 0.05) is 11.3 Å². The molecule has 0 aliphatic heterocycles. The van der Waals surface area contributed by atoms with Crippen LogP contribution in [-0.2, 0) is 4.79 Å². The first-order valence-corrected chi connectivity index (χ1v) is 11.8. The summed E-state index contributed by atoms with van der Waals surface area (Å²) in [6, 6.07) is 24.9. The molecule has 178 valence electrons. The summed E-state index contributed by atoms with van der Waals surface area (Å²) >= 11 is 1.28. The highest BCUT2D eigenvalue weighted by Gasteiger charge is 2.17. The average molecular weight is 488 g/mol. The number of hydrogen-bond donors (Lipinski definition) is 1. The number of thioether (sulfide) groups is 1. The van der Waals surface area contributed by atoms with Gasteiger partial charge in [0.05, 0.1) is 25.7 Å². The third kappa shape index (κ3) is 5.88. The van der Waals surface area contributed by atoms with Crippen molar-refractivity contribution in [2.24, 2.45) is 5.10 Å². The van der Waals surface area contributed by atoms with Crippen LogP contribution in [0.3, 0.4) is 0 Å². The molecule has 1 amide bonds. The lowest BCUT2D eigenvalue weighted by Gasteiger charge is -2.11. The van der Waals surface area contributed by atoms with Gasteiger partial charge in [-0.3, -0.25) is 9.36 Å². The van der Waals surface area contributed by atoms with Gasteiger partial charge in [0.15, 0.2) is 11.0 Å². The SMILES string of the molecule is COc1ccc(-c2nnc(SCC(=O)N/N=C(/C)c3ccccc3)n2-c2ccc(OC)cc2)cc1. The van der Waals surface area contributed by atoms with E-state index in [0.29, 0.717) is 11.0 Å². The molecule has 35 heavy (non-hydrogen) atoms. The first-order chi connectivity index (χ1) is 17.1. The van der Waals surface area contributed by atoms with Crippen LogP contribution in [0.25, 0.3) is 17.1 Å². The molecule has 0 radical (unpaired) electrons. The zero-order chi connectivity index (χ0) is 24.6. The minimum Gasteiger partial charge on any atom is -0.497 e. The van der Waals surface area contributed by atoms with Crippen molar-refractivity contribution in [1.29, 1.82) is 0 Å². The number of benzene rings is 3. The van der Waals surface area contributed by atoms with E-state index < -0.39 is 0 Å². The van der Waals surface area contributed by atoms with Crippen molar-refractivity contribution in [2.45, 2.75) is 12.1 Å².